The minimum atomic E-state index is -2.74. The van der Waals surface area contributed by atoms with Gasteiger partial charge in [-0.3, -0.25) is 4.79 Å². The maximum absolute atomic E-state index is 12.8. The Kier molecular flexibility index (Phi) is 4.63. The van der Waals surface area contributed by atoms with Crippen molar-refractivity contribution >= 4 is 17.8 Å². The summed E-state index contributed by atoms with van der Waals surface area (Å²) < 4.78 is 25.5. The molecule has 0 saturated heterocycles. The number of aromatic carboxylic acids is 2. The van der Waals surface area contributed by atoms with E-state index in [0.29, 0.717) is 0 Å². The molecule has 126 valence electrons. The molecule has 7 nitrogen and oxygen atoms in total. The Morgan fingerprint density at radius 2 is 1.71 bits per heavy atom. The van der Waals surface area contributed by atoms with E-state index in [1.165, 1.54) is 24.3 Å². The first-order chi connectivity index (χ1) is 11.2. The van der Waals surface area contributed by atoms with Gasteiger partial charge in [-0.15, -0.1) is 0 Å². The van der Waals surface area contributed by atoms with Gasteiger partial charge < -0.3 is 20.9 Å². The van der Waals surface area contributed by atoms with Gasteiger partial charge >= 0.3 is 11.9 Å². The molecule has 0 bridgehead atoms. The van der Waals surface area contributed by atoms with Crippen LogP contribution in [0.4, 0.5) is 14.6 Å². The van der Waals surface area contributed by atoms with Crippen molar-refractivity contribution < 1.29 is 28.6 Å². The predicted octanol–water partition coefficient (Wildman–Crippen LogP) is 1.83. The van der Waals surface area contributed by atoms with Crippen molar-refractivity contribution in [2.45, 2.75) is 12.8 Å². The molecule has 9 heteroatoms. The maximum Gasteiger partial charge on any atom is 0.342 e. The van der Waals surface area contributed by atoms with Crippen LogP contribution in [0.2, 0.25) is 0 Å². The summed E-state index contributed by atoms with van der Waals surface area (Å²) >= 11 is 0. The Hall–Kier alpha value is -3.23. The lowest BCUT2D eigenvalue weighted by molar-refractivity contribution is 0.0695. The number of carboxylic acid groups (broad SMARTS) is 2. The van der Waals surface area contributed by atoms with E-state index in [2.05, 4.69) is 0 Å². The van der Waals surface area contributed by atoms with E-state index >= 15 is 0 Å². The predicted molar refractivity (Wildman–Crippen MR) is 80.5 cm³/mol. The molecule has 0 saturated carbocycles. The molecule has 0 amide bonds. The van der Waals surface area contributed by atoms with Gasteiger partial charge in [0.2, 0.25) is 6.43 Å². The number of carbonyl (C=O) groups is 2. The summed E-state index contributed by atoms with van der Waals surface area (Å²) in [6.45, 7) is 0. The fourth-order valence-electron chi connectivity index (χ4n) is 2.42. The van der Waals surface area contributed by atoms with E-state index in [9.17, 15) is 33.4 Å². The number of carboxylic acids is 2. The lowest BCUT2D eigenvalue weighted by atomic mass is 9.91. The molecule has 0 aliphatic heterocycles. The third kappa shape index (κ3) is 3.09. The van der Waals surface area contributed by atoms with Gasteiger partial charge in [-0.2, -0.15) is 0 Å². The van der Waals surface area contributed by atoms with Crippen molar-refractivity contribution in [3.8, 4) is 11.1 Å². The minimum Gasteiger partial charge on any atom is -0.478 e. The molecular formula is C15H12F2N2O5. The molecule has 0 atom stereocenters. The number of alkyl halides is 2. The number of halogens is 2. The SMILES string of the molecule is Nc1[nH]c(=O)c(C(=O)O)c(-c2ccccc2CC(F)F)c1C(=O)O. The fourth-order valence-corrected chi connectivity index (χ4v) is 2.42. The highest BCUT2D eigenvalue weighted by Crippen LogP contribution is 2.32. The minimum absolute atomic E-state index is 0.00231. The molecule has 2 aromatic rings. The lowest BCUT2D eigenvalue weighted by Crippen LogP contribution is -2.24. The number of hydrogen-bond acceptors (Lipinski definition) is 4. The summed E-state index contributed by atoms with van der Waals surface area (Å²) in [5, 5.41) is 18.6. The molecule has 0 fully saturated rings. The van der Waals surface area contributed by atoms with Crippen molar-refractivity contribution in [3.63, 3.8) is 0 Å². The summed E-state index contributed by atoms with van der Waals surface area (Å²) in [6.07, 6.45) is -3.48. The van der Waals surface area contributed by atoms with Gasteiger partial charge in [-0.25, -0.2) is 18.4 Å². The zero-order valence-corrected chi connectivity index (χ0v) is 12.0. The van der Waals surface area contributed by atoms with Crippen molar-refractivity contribution in [2.24, 2.45) is 0 Å². The standard InChI is InChI=1S/C15H12F2N2O5/c16-8(17)5-6-3-1-2-4-7(6)9-10(14(21)22)12(18)19-13(20)11(9)15(23)24/h1-4,8H,5H2,(H,21,22)(H,23,24)(H3,18,19,20). The molecule has 0 aliphatic carbocycles. The second kappa shape index (κ2) is 6.49. The van der Waals surface area contributed by atoms with Gasteiger partial charge in [-0.1, -0.05) is 24.3 Å². The van der Waals surface area contributed by atoms with E-state index in [0.717, 1.165) is 0 Å². The van der Waals surface area contributed by atoms with Gasteiger partial charge in [0.15, 0.2) is 0 Å². The van der Waals surface area contributed by atoms with E-state index in [4.69, 9.17) is 5.73 Å². The number of hydrogen-bond donors (Lipinski definition) is 4. The zero-order chi connectivity index (χ0) is 18.0. The molecule has 0 spiro atoms. The van der Waals surface area contributed by atoms with E-state index in [-0.39, 0.29) is 11.1 Å². The highest BCUT2D eigenvalue weighted by molar-refractivity contribution is 6.07. The number of nitrogen functional groups attached to an aromatic ring is 1. The number of nitrogens with two attached hydrogens (primary N) is 1. The molecule has 5 N–H and O–H groups in total. The Balaban J connectivity index is 2.95. The van der Waals surface area contributed by atoms with Crippen molar-refractivity contribution in [1.29, 1.82) is 0 Å². The quantitative estimate of drug-likeness (QED) is 0.657. The number of nitrogens with one attached hydrogen (secondary N) is 1. The highest BCUT2D eigenvalue weighted by Gasteiger charge is 2.28. The maximum atomic E-state index is 12.8. The topological polar surface area (TPSA) is 133 Å². The molecule has 1 aromatic carbocycles. The van der Waals surface area contributed by atoms with E-state index in [1.807, 2.05) is 4.98 Å². The van der Waals surface area contributed by atoms with Crippen LogP contribution in [0.15, 0.2) is 29.1 Å². The smallest absolute Gasteiger partial charge is 0.342 e. The number of aromatic amines is 1. The van der Waals surface area contributed by atoms with Gasteiger partial charge in [-0.05, 0) is 11.1 Å². The third-order valence-corrected chi connectivity index (χ3v) is 3.33. The molecule has 1 heterocycles. The molecule has 0 aliphatic rings. The first-order valence-corrected chi connectivity index (χ1v) is 6.62. The van der Waals surface area contributed by atoms with Crippen molar-refractivity contribution in [2.75, 3.05) is 5.73 Å². The van der Waals surface area contributed by atoms with Crippen LogP contribution in [0.3, 0.4) is 0 Å². The number of rotatable bonds is 5. The van der Waals surface area contributed by atoms with Gasteiger partial charge in [0.25, 0.3) is 5.56 Å². The number of anilines is 1. The number of pyridine rings is 1. The first kappa shape index (κ1) is 17.1. The molecule has 24 heavy (non-hydrogen) atoms. The molecular weight excluding hydrogens is 326 g/mol. The summed E-state index contributed by atoms with van der Waals surface area (Å²) in [4.78, 5) is 36.8. The Morgan fingerprint density at radius 3 is 2.25 bits per heavy atom. The fraction of sp³-hybridized carbons (Fsp3) is 0.133. The summed E-state index contributed by atoms with van der Waals surface area (Å²) in [5.41, 5.74) is 2.27. The molecule has 0 radical (unpaired) electrons. The summed E-state index contributed by atoms with van der Waals surface area (Å²) in [6, 6.07) is 5.43. The number of H-pyrrole nitrogens is 1. The van der Waals surface area contributed by atoms with Gasteiger partial charge in [0, 0.05) is 12.0 Å². The van der Waals surface area contributed by atoms with Gasteiger partial charge in [0.05, 0.1) is 0 Å². The lowest BCUT2D eigenvalue weighted by Gasteiger charge is -2.15. The Bertz CT molecular complexity index is 877. The van der Waals surface area contributed by atoms with Crippen LogP contribution in [0.5, 0.6) is 0 Å². The van der Waals surface area contributed by atoms with Crippen LogP contribution in [0.25, 0.3) is 11.1 Å². The van der Waals surface area contributed by atoms with Crippen molar-refractivity contribution in [1.82, 2.24) is 4.98 Å². The second-order valence-electron chi connectivity index (χ2n) is 4.86. The zero-order valence-electron chi connectivity index (χ0n) is 12.0. The molecule has 1 aromatic heterocycles. The molecule has 0 unspecified atom stereocenters. The number of aromatic nitrogens is 1. The first-order valence-electron chi connectivity index (χ1n) is 6.62. The van der Waals surface area contributed by atoms with Crippen molar-refractivity contribution in [3.05, 3.63) is 51.3 Å². The van der Waals surface area contributed by atoms with Crippen LogP contribution >= 0.6 is 0 Å². The largest absolute Gasteiger partial charge is 0.478 e. The molecule has 2 rings (SSSR count). The van der Waals surface area contributed by atoms with E-state index in [1.54, 1.807) is 0 Å². The second-order valence-corrected chi connectivity index (χ2v) is 4.86. The Morgan fingerprint density at radius 1 is 1.12 bits per heavy atom. The van der Waals surface area contributed by atoms with Crippen LogP contribution < -0.4 is 11.3 Å². The monoisotopic (exact) mass is 338 g/mol. The highest BCUT2D eigenvalue weighted by atomic mass is 19.3. The average Bonchev–Trinajstić information content (AvgIpc) is 2.45. The normalized spacial score (nSPS) is 10.8. The van der Waals surface area contributed by atoms with Crippen LogP contribution in [0.1, 0.15) is 26.3 Å². The summed E-state index contributed by atoms with van der Waals surface area (Å²) in [5.74, 6) is -3.84. The third-order valence-electron chi connectivity index (χ3n) is 3.33. The van der Waals surface area contributed by atoms with Gasteiger partial charge in [0.1, 0.15) is 16.9 Å². The summed E-state index contributed by atoms with van der Waals surface area (Å²) in [7, 11) is 0. The van der Waals surface area contributed by atoms with E-state index < -0.39 is 52.9 Å². The number of benzene rings is 1. The average molecular weight is 338 g/mol. The van der Waals surface area contributed by atoms with Crippen LogP contribution in [-0.4, -0.2) is 33.6 Å². The van der Waals surface area contributed by atoms with Crippen LogP contribution in [-0.2, 0) is 6.42 Å². The van der Waals surface area contributed by atoms with Crippen LogP contribution in [0, 0.1) is 0 Å². The Labute approximate surface area is 133 Å².